The molecule has 0 saturated carbocycles. The SMILES string of the molecule is [2H]c1c(C(C)(C)C)c([2H])c2c([nH]c3c([2H])c([2H])c(C(C)(C)C)c([2H])c32)c1[2H]. The van der Waals surface area contributed by atoms with Crippen LogP contribution in [0.25, 0.3) is 21.8 Å². The molecule has 2 aromatic carbocycles. The number of nitrogens with one attached hydrogen (secondary N) is 1. The Morgan fingerprint density at radius 3 is 1.43 bits per heavy atom. The van der Waals surface area contributed by atoms with Crippen molar-refractivity contribution in [3.05, 3.63) is 47.4 Å². The van der Waals surface area contributed by atoms with E-state index in [9.17, 15) is 0 Å². The fourth-order valence-electron chi connectivity index (χ4n) is 2.25. The first kappa shape index (κ1) is 8.63. The molecule has 1 N–H and O–H groups in total. The van der Waals surface area contributed by atoms with Crippen molar-refractivity contribution >= 4 is 21.8 Å². The van der Waals surface area contributed by atoms with Crippen LogP contribution in [0.5, 0.6) is 0 Å². The van der Waals surface area contributed by atoms with Crippen molar-refractivity contribution in [1.29, 1.82) is 0 Å². The van der Waals surface area contributed by atoms with Crippen molar-refractivity contribution in [1.82, 2.24) is 4.98 Å². The molecule has 110 valence electrons. The first-order valence-corrected chi connectivity index (χ1v) is 7.25. The third-order valence-corrected chi connectivity index (χ3v) is 3.62. The van der Waals surface area contributed by atoms with E-state index in [1.165, 1.54) is 0 Å². The van der Waals surface area contributed by atoms with Crippen LogP contribution in [0.1, 0.15) is 60.9 Å². The van der Waals surface area contributed by atoms with Crippen LogP contribution in [0.15, 0.2) is 36.3 Å². The van der Waals surface area contributed by atoms with Gasteiger partial charge in [-0.15, -0.1) is 0 Å². The lowest BCUT2D eigenvalue weighted by atomic mass is 9.85. The molecule has 1 heteroatoms. The van der Waals surface area contributed by atoms with Crippen LogP contribution in [-0.4, -0.2) is 4.98 Å². The van der Waals surface area contributed by atoms with Gasteiger partial charge in [-0.1, -0.05) is 53.6 Å². The molecule has 0 atom stereocenters. The summed E-state index contributed by atoms with van der Waals surface area (Å²) in [5, 5.41) is 0.805. The summed E-state index contributed by atoms with van der Waals surface area (Å²) in [5.41, 5.74) is 0.491. The molecule has 1 heterocycles. The molecule has 0 aliphatic heterocycles. The number of aromatic amines is 1. The van der Waals surface area contributed by atoms with Gasteiger partial charge in [0, 0.05) is 21.8 Å². The fraction of sp³-hybridized carbons (Fsp3) is 0.400. The molecular weight excluding hydrogens is 254 g/mol. The first-order chi connectivity index (χ1) is 12.2. The van der Waals surface area contributed by atoms with E-state index in [0.29, 0.717) is 32.9 Å². The minimum atomic E-state index is -0.504. The van der Waals surface area contributed by atoms with Crippen LogP contribution in [0, 0.1) is 0 Å². The monoisotopic (exact) mass is 285 g/mol. The number of hydrogen-bond donors (Lipinski definition) is 1. The molecule has 3 aromatic rings. The van der Waals surface area contributed by atoms with Gasteiger partial charge in [0.2, 0.25) is 0 Å². The van der Waals surface area contributed by atoms with Crippen molar-refractivity contribution in [3.8, 4) is 0 Å². The Kier molecular flexibility index (Phi) is 1.79. The van der Waals surface area contributed by atoms with Crippen molar-refractivity contribution in [2.75, 3.05) is 0 Å². The summed E-state index contributed by atoms with van der Waals surface area (Å²) in [6, 6.07) is 0.151. The molecule has 0 radical (unpaired) electrons. The second kappa shape index (κ2) is 4.37. The van der Waals surface area contributed by atoms with Gasteiger partial charge in [-0.25, -0.2) is 0 Å². The molecule has 0 saturated heterocycles. The fourth-order valence-corrected chi connectivity index (χ4v) is 2.25. The zero-order valence-corrected chi connectivity index (χ0v) is 13.5. The summed E-state index contributed by atoms with van der Waals surface area (Å²) in [7, 11) is 0. The second-order valence-electron chi connectivity index (χ2n) is 7.62. The number of hydrogen-bond acceptors (Lipinski definition) is 0. The third-order valence-electron chi connectivity index (χ3n) is 3.62. The Bertz CT molecular complexity index is 1010. The van der Waals surface area contributed by atoms with Crippen molar-refractivity contribution in [3.63, 3.8) is 0 Å². The smallest absolute Gasteiger partial charge is 0.0645 e. The number of H-pyrrole nitrogens is 1. The molecule has 0 spiro atoms. The Morgan fingerprint density at radius 2 is 1.10 bits per heavy atom. The predicted octanol–water partition coefficient (Wildman–Crippen LogP) is 5.92. The average molecular weight is 285 g/mol. The van der Waals surface area contributed by atoms with Crippen molar-refractivity contribution < 1.29 is 8.22 Å². The number of fused-ring (bicyclic) bond motifs is 3. The Balaban J connectivity index is 2.69. The van der Waals surface area contributed by atoms with Crippen molar-refractivity contribution in [2.45, 2.75) is 52.4 Å². The topological polar surface area (TPSA) is 15.8 Å². The normalized spacial score (nSPS) is 17.2. The lowest BCUT2D eigenvalue weighted by Gasteiger charge is -2.19. The maximum absolute atomic E-state index is 8.76. The summed E-state index contributed by atoms with van der Waals surface area (Å²) in [4.78, 5) is 2.98. The molecular formula is C20H25N. The molecule has 0 bridgehead atoms. The van der Waals surface area contributed by atoms with E-state index >= 15 is 0 Å². The van der Waals surface area contributed by atoms with Crippen LogP contribution in [0.4, 0.5) is 0 Å². The maximum atomic E-state index is 8.76. The van der Waals surface area contributed by atoms with Crippen molar-refractivity contribution in [2.24, 2.45) is 0 Å². The molecule has 0 fully saturated rings. The van der Waals surface area contributed by atoms with Gasteiger partial charge in [-0.2, -0.15) is 0 Å². The van der Waals surface area contributed by atoms with Gasteiger partial charge < -0.3 is 4.98 Å². The van der Waals surface area contributed by atoms with E-state index in [2.05, 4.69) is 4.98 Å². The van der Waals surface area contributed by atoms with Crippen LogP contribution < -0.4 is 0 Å². The summed E-state index contributed by atoms with van der Waals surface area (Å²) in [6.45, 7) is 11.4. The first-order valence-electron chi connectivity index (χ1n) is 10.2. The van der Waals surface area contributed by atoms with E-state index in [-0.39, 0.29) is 36.3 Å². The standard InChI is InChI=1S/C20H25N/c1-19(2,3)13-7-9-17-15(11-13)16-12-14(20(4,5)6)8-10-18(16)21-17/h7-12,21H,1-6H3/i7D,8D,9D,10D,11D,12D. The minimum absolute atomic E-state index is 0.00763. The number of benzene rings is 2. The van der Waals surface area contributed by atoms with E-state index in [1.54, 1.807) is 0 Å². The predicted molar refractivity (Wildman–Crippen MR) is 93.2 cm³/mol. The highest BCUT2D eigenvalue weighted by atomic mass is 14.7. The van der Waals surface area contributed by atoms with Gasteiger partial charge in [0.25, 0.3) is 0 Å². The molecule has 0 aliphatic carbocycles. The highest BCUT2D eigenvalue weighted by Gasteiger charge is 2.17. The molecule has 0 unspecified atom stereocenters. The molecule has 1 nitrogen and oxygen atoms in total. The van der Waals surface area contributed by atoms with Crippen LogP contribution >= 0.6 is 0 Å². The molecule has 3 rings (SSSR count). The van der Waals surface area contributed by atoms with Crippen LogP contribution in [0.3, 0.4) is 0 Å². The zero-order valence-electron chi connectivity index (χ0n) is 19.5. The zero-order chi connectivity index (χ0) is 20.6. The van der Waals surface area contributed by atoms with Gasteiger partial charge in [-0.05, 0) is 46.1 Å². The lowest BCUT2D eigenvalue weighted by molar-refractivity contribution is 0.590. The lowest BCUT2D eigenvalue weighted by Crippen LogP contribution is -2.10. The molecule has 1 aromatic heterocycles. The van der Waals surface area contributed by atoms with Gasteiger partial charge in [-0.3, -0.25) is 0 Å². The molecule has 0 aliphatic rings. The second-order valence-corrected chi connectivity index (χ2v) is 7.62. The largest absolute Gasteiger partial charge is 0.355 e. The Hall–Kier alpha value is -1.76. The van der Waals surface area contributed by atoms with E-state index in [0.717, 1.165) is 0 Å². The van der Waals surface area contributed by atoms with Gasteiger partial charge >= 0.3 is 0 Å². The van der Waals surface area contributed by atoms with E-state index in [4.69, 9.17) is 8.22 Å². The Morgan fingerprint density at radius 1 is 0.714 bits per heavy atom. The van der Waals surface area contributed by atoms with E-state index in [1.807, 2.05) is 41.5 Å². The number of aromatic nitrogens is 1. The Labute approximate surface area is 135 Å². The minimum Gasteiger partial charge on any atom is -0.355 e. The van der Waals surface area contributed by atoms with Gasteiger partial charge in [0.15, 0.2) is 0 Å². The summed E-state index contributed by atoms with van der Waals surface area (Å²) in [5.74, 6) is 0. The van der Waals surface area contributed by atoms with Crippen LogP contribution in [-0.2, 0) is 10.8 Å². The summed E-state index contributed by atoms with van der Waals surface area (Å²) in [6.07, 6.45) is 0. The third kappa shape index (κ3) is 2.46. The highest BCUT2D eigenvalue weighted by Crippen LogP contribution is 2.33. The van der Waals surface area contributed by atoms with Gasteiger partial charge in [0.05, 0.1) is 8.22 Å². The summed E-state index contributed by atoms with van der Waals surface area (Å²) >= 11 is 0. The maximum Gasteiger partial charge on any atom is 0.0645 e. The molecule has 0 amide bonds. The summed E-state index contributed by atoms with van der Waals surface area (Å²) < 4.78 is 51.2. The molecule has 21 heavy (non-hydrogen) atoms. The average Bonchev–Trinajstić information content (AvgIpc) is 2.89. The van der Waals surface area contributed by atoms with E-state index < -0.39 is 10.8 Å². The quantitative estimate of drug-likeness (QED) is 0.528. The van der Waals surface area contributed by atoms with Gasteiger partial charge in [0.1, 0.15) is 0 Å². The number of rotatable bonds is 0. The highest BCUT2D eigenvalue weighted by molar-refractivity contribution is 6.07. The van der Waals surface area contributed by atoms with Crippen LogP contribution in [0.2, 0.25) is 0 Å².